The summed E-state index contributed by atoms with van der Waals surface area (Å²) in [6, 6.07) is 1.76. The molecule has 1 aliphatic carbocycles. The molecule has 0 saturated carbocycles. The molecule has 0 atom stereocenters. The van der Waals surface area contributed by atoms with Crippen LogP contribution in [0.2, 0.25) is 0 Å². The van der Waals surface area contributed by atoms with Gasteiger partial charge in [-0.15, -0.1) is 0 Å². The lowest BCUT2D eigenvalue weighted by Crippen LogP contribution is -2.10. The molecule has 2 heterocycles. The van der Waals surface area contributed by atoms with E-state index >= 15 is 0 Å². The van der Waals surface area contributed by atoms with Crippen molar-refractivity contribution in [2.45, 2.75) is 46.1 Å². The molecule has 2 aromatic heterocycles. The molecule has 6 nitrogen and oxygen atoms in total. The average molecular weight is 417 g/mol. The van der Waals surface area contributed by atoms with Gasteiger partial charge in [0.15, 0.2) is 0 Å². The molecule has 0 radical (unpaired) electrons. The molecule has 2 aromatic rings. The maximum atomic E-state index is 12.7. The van der Waals surface area contributed by atoms with E-state index in [1.165, 1.54) is 0 Å². The molecular formula is C22H25F2N3O3. The van der Waals surface area contributed by atoms with Gasteiger partial charge in [0, 0.05) is 30.8 Å². The maximum absolute atomic E-state index is 12.7. The molecule has 8 heteroatoms. The Morgan fingerprint density at radius 2 is 2.20 bits per heavy atom. The van der Waals surface area contributed by atoms with Crippen molar-refractivity contribution in [1.29, 1.82) is 0 Å². The first-order chi connectivity index (χ1) is 14.4. The maximum Gasteiger partial charge on any atom is 0.272 e. The number of carbonyl (C=O) groups is 1. The fraction of sp³-hybridized carbons (Fsp3) is 0.409. The van der Waals surface area contributed by atoms with Gasteiger partial charge >= 0.3 is 0 Å². The fourth-order valence-electron chi connectivity index (χ4n) is 3.43. The van der Waals surface area contributed by atoms with E-state index in [2.05, 4.69) is 10.1 Å². The number of aliphatic hydroxyl groups excluding tert-OH is 1. The van der Waals surface area contributed by atoms with Gasteiger partial charge < -0.3 is 9.84 Å². The second kappa shape index (κ2) is 9.75. The van der Waals surface area contributed by atoms with Crippen LogP contribution in [-0.2, 0) is 11.3 Å². The van der Waals surface area contributed by atoms with Gasteiger partial charge in [-0.2, -0.15) is 5.10 Å². The van der Waals surface area contributed by atoms with Crippen LogP contribution in [0, 0.1) is 0 Å². The highest BCUT2D eigenvalue weighted by molar-refractivity contribution is 6.13. The first-order valence-electron chi connectivity index (χ1n) is 9.83. The van der Waals surface area contributed by atoms with Crippen molar-refractivity contribution in [2.75, 3.05) is 13.2 Å². The van der Waals surface area contributed by atoms with Gasteiger partial charge in [0.2, 0.25) is 5.78 Å². The second-order valence-electron chi connectivity index (χ2n) is 7.26. The summed E-state index contributed by atoms with van der Waals surface area (Å²) in [4.78, 5) is 17.0. The van der Waals surface area contributed by atoms with E-state index in [0.717, 1.165) is 11.1 Å². The fourth-order valence-corrected chi connectivity index (χ4v) is 3.43. The Hall–Kier alpha value is -2.87. The van der Waals surface area contributed by atoms with Crippen molar-refractivity contribution < 1.29 is 23.4 Å². The Labute approximate surface area is 173 Å². The van der Waals surface area contributed by atoms with E-state index in [9.17, 15) is 13.6 Å². The zero-order valence-electron chi connectivity index (χ0n) is 17.1. The molecule has 0 aromatic carbocycles. The van der Waals surface area contributed by atoms with Crippen LogP contribution in [0.1, 0.15) is 43.6 Å². The summed E-state index contributed by atoms with van der Waals surface area (Å²) < 4.78 is 31.7. The third kappa shape index (κ3) is 5.18. The minimum Gasteiger partial charge on any atom is -0.492 e. The van der Waals surface area contributed by atoms with Crippen LogP contribution in [0.5, 0.6) is 0 Å². The molecule has 0 unspecified atom stereocenters. The number of hydrogen-bond donors (Lipinski definition) is 1. The van der Waals surface area contributed by atoms with Crippen LogP contribution in [0.3, 0.4) is 0 Å². The number of aliphatic hydroxyl groups is 1. The Morgan fingerprint density at radius 3 is 2.90 bits per heavy atom. The minimum atomic E-state index is -2.49. The molecular weight excluding hydrogens is 392 g/mol. The number of carbonyl (C=O) groups excluding carboxylic acids is 1. The summed E-state index contributed by atoms with van der Waals surface area (Å²) in [6.45, 7) is 3.48. The summed E-state index contributed by atoms with van der Waals surface area (Å²) in [5, 5.41) is 14.2. The minimum absolute atomic E-state index is 0.0158. The highest BCUT2D eigenvalue weighted by Gasteiger charge is 2.18. The van der Waals surface area contributed by atoms with E-state index in [1.54, 1.807) is 36.1 Å². The molecule has 1 aliphatic rings. The van der Waals surface area contributed by atoms with Crippen LogP contribution in [0.15, 0.2) is 53.1 Å². The van der Waals surface area contributed by atoms with Crippen LogP contribution in [0.4, 0.5) is 8.78 Å². The van der Waals surface area contributed by atoms with Crippen molar-refractivity contribution >= 4 is 16.7 Å². The summed E-state index contributed by atoms with van der Waals surface area (Å²) in [7, 11) is 0. The number of allylic oxidation sites excluding steroid dienone is 5. The van der Waals surface area contributed by atoms with Gasteiger partial charge in [0.25, 0.3) is 6.43 Å². The SMILES string of the molecule is CC1=C(OCC(F)F)CCC(Cn2cc3c(C(=O)/C(C)=C/CCO)nccc3n2)=C1. The first kappa shape index (κ1) is 21.8. The lowest BCUT2D eigenvalue weighted by Gasteiger charge is -2.19. The summed E-state index contributed by atoms with van der Waals surface area (Å²) in [5.74, 6) is 0.414. The number of hydrogen-bond acceptors (Lipinski definition) is 5. The number of fused-ring (bicyclic) bond motifs is 1. The van der Waals surface area contributed by atoms with Crippen molar-refractivity contribution in [1.82, 2.24) is 14.8 Å². The standard InChI is InChI=1S/C22H25F2N3O3/c1-14(4-3-9-28)22(29)21-17-12-27(26-18(17)7-8-25-21)11-16-5-6-19(15(2)10-16)30-13-20(23)24/h4,7-8,10,12,20,28H,3,5-6,9,11,13H2,1-2H3/b14-4+. The molecule has 0 aliphatic heterocycles. The van der Waals surface area contributed by atoms with Crippen molar-refractivity contribution in [3.8, 4) is 0 Å². The smallest absolute Gasteiger partial charge is 0.272 e. The third-order valence-corrected chi connectivity index (χ3v) is 4.92. The first-order valence-corrected chi connectivity index (χ1v) is 9.83. The van der Waals surface area contributed by atoms with Crippen LogP contribution >= 0.6 is 0 Å². The Kier molecular flexibility index (Phi) is 7.10. The Balaban J connectivity index is 1.80. The number of ether oxygens (including phenoxy) is 1. The number of alkyl halides is 2. The molecule has 0 bridgehead atoms. The number of aromatic nitrogens is 3. The van der Waals surface area contributed by atoms with Crippen LogP contribution in [-0.4, -0.2) is 45.3 Å². The molecule has 1 N–H and O–H groups in total. The lowest BCUT2D eigenvalue weighted by molar-refractivity contribution is 0.0449. The van der Waals surface area contributed by atoms with E-state index in [0.29, 0.717) is 53.7 Å². The quantitative estimate of drug-likeness (QED) is 0.488. The Bertz CT molecular complexity index is 1020. The van der Waals surface area contributed by atoms with E-state index in [1.807, 2.05) is 13.0 Å². The second-order valence-corrected chi connectivity index (χ2v) is 7.26. The molecule has 0 fully saturated rings. The zero-order valence-corrected chi connectivity index (χ0v) is 17.1. The highest BCUT2D eigenvalue weighted by atomic mass is 19.3. The predicted molar refractivity (Wildman–Crippen MR) is 109 cm³/mol. The van der Waals surface area contributed by atoms with Crippen LogP contribution in [0.25, 0.3) is 10.9 Å². The molecule has 3 rings (SSSR count). The molecule has 0 amide bonds. The van der Waals surface area contributed by atoms with Gasteiger partial charge in [-0.1, -0.05) is 12.2 Å². The van der Waals surface area contributed by atoms with Crippen molar-refractivity contribution in [3.63, 3.8) is 0 Å². The average Bonchev–Trinajstić information content (AvgIpc) is 3.13. The van der Waals surface area contributed by atoms with E-state index in [4.69, 9.17) is 9.84 Å². The number of ketones is 1. The molecule has 0 spiro atoms. The monoisotopic (exact) mass is 417 g/mol. The molecule has 0 saturated heterocycles. The number of Topliss-reactive ketones (excluding diaryl/α,β-unsaturated/α-hetero) is 1. The van der Waals surface area contributed by atoms with Gasteiger partial charge in [-0.3, -0.25) is 14.5 Å². The van der Waals surface area contributed by atoms with E-state index in [-0.39, 0.29) is 12.4 Å². The Morgan fingerprint density at radius 1 is 1.40 bits per heavy atom. The van der Waals surface area contributed by atoms with Gasteiger partial charge in [-0.25, -0.2) is 8.78 Å². The number of rotatable bonds is 9. The van der Waals surface area contributed by atoms with Crippen molar-refractivity contribution in [2.24, 2.45) is 0 Å². The van der Waals surface area contributed by atoms with Crippen LogP contribution < -0.4 is 0 Å². The zero-order chi connectivity index (χ0) is 21.7. The largest absolute Gasteiger partial charge is 0.492 e. The predicted octanol–water partition coefficient (Wildman–Crippen LogP) is 4.22. The lowest BCUT2D eigenvalue weighted by atomic mass is 9.98. The summed E-state index contributed by atoms with van der Waals surface area (Å²) in [6.07, 6.45) is 6.20. The summed E-state index contributed by atoms with van der Waals surface area (Å²) in [5.41, 5.74) is 3.49. The highest BCUT2D eigenvalue weighted by Crippen LogP contribution is 2.27. The third-order valence-electron chi connectivity index (χ3n) is 4.92. The number of pyridine rings is 1. The number of nitrogens with zero attached hydrogens (tertiary/aromatic N) is 3. The number of halogens is 2. The van der Waals surface area contributed by atoms with Crippen molar-refractivity contribution in [3.05, 3.63) is 58.8 Å². The van der Waals surface area contributed by atoms with E-state index < -0.39 is 13.0 Å². The van der Waals surface area contributed by atoms with Gasteiger partial charge in [-0.05, 0) is 49.5 Å². The van der Waals surface area contributed by atoms with Gasteiger partial charge in [0.05, 0.1) is 17.8 Å². The molecule has 160 valence electrons. The van der Waals surface area contributed by atoms with Gasteiger partial charge in [0.1, 0.15) is 12.3 Å². The topological polar surface area (TPSA) is 77.2 Å². The normalized spacial score (nSPS) is 15.1. The summed E-state index contributed by atoms with van der Waals surface area (Å²) >= 11 is 0. The molecule has 30 heavy (non-hydrogen) atoms.